The summed E-state index contributed by atoms with van der Waals surface area (Å²) in [7, 11) is 0. The molecule has 8 heteroatoms. The summed E-state index contributed by atoms with van der Waals surface area (Å²) in [6.45, 7) is 10.7. The van der Waals surface area contributed by atoms with Gasteiger partial charge in [0.2, 0.25) is 0 Å². The molecule has 1 fully saturated rings. The number of hydroxylamine groups is 2. The molecule has 0 aromatic heterocycles. The van der Waals surface area contributed by atoms with Crippen molar-refractivity contribution < 1.29 is 29.0 Å². The maximum atomic E-state index is 12.4. The second kappa shape index (κ2) is 8.96. The van der Waals surface area contributed by atoms with Crippen molar-refractivity contribution in [2.75, 3.05) is 13.2 Å². The van der Waals surface area contributed by atoms with Gasteiger partial charge in [-0.15, -0.1) is 10.3 Å². The lowest BCUT2D eigenvalue weighted by molar-refractivity contribution is -0.302. The molecule has 0 aromatic rings. The van der Waals surface area contributed by atoms with E-state index in [1.165, 1.54) is 6.92 Å². The van der Waals surface area contributed by atoms with Gasteiger partial charge in [0.05, 0.1) is 12.7 Å². The maximum Gasteiger partial charge on any atom is 0.318 e. The molecule has 25 heavy (non-hydrogen) atoms. The summed E-state index contributed by atoms with van der Waals surface area (Å²) >= 11 is 1.96. The molecule has 1 heterocycles. The molecule has 0 N–H and O–H groups in total. The quantitative estimate of drug-likeness (QED) is 0.323. The topological polar surface area (TPSA) is 85.0 Å². The Morgan fingerprint density at radius 1 is 1.16 bits per heavy atom. The predicted octanol–water partition coefficient (Wildman–Crippen LogP) is 2.67. The van der Waals surface area contributed by atoms with Gasteiger partial charge in [0, 0.05) is 18.0 Å². The van der Waals surface area contributed by atoms with E-state index in [4.69, 9.17) is 14.2 Å². The number of hydrogen-bond acceptors (Lipinski definition) is 6. The number of carbonyl (C=O) groups is 2. The summed E-state index contributed by atoms with van der Waals surface area (Å²) < 4.78 is 16.0. The minimum Gasteiger partial charge on any atom is -0.461 e. The van der Waals surface area contributed by atoms with Crippen LogP contribution in [0, 0.1) is 0 Å². The van der Waals surface area contributed by atoms with E-state index >= 15 is 0 Å². The standard InChI is InChI=1S/C17H29INO6/c1-11(18)15(21)24-10-14(25-12(2)20)9-23-13-7-16(3,4)19(22)17(5,6)8-13/h11,13-14H,7-10H2,1-6H3. The number of halogens is 1. The molecule has 7 nitrogen and oxygen atoms in total. The van der Waals surface area contributed by atoms with Gasteiger partial charge in [-0.25, -0.2) is 0 Å². The van der Waals surface area contributed by atoms with Crippen LogP contribution in [0.4, 0.5) is 0 Å². The summed E-state index contributed by atoms with van der Waals surface area (Å²) in [4.78, 5) is 22.9. The zero-order valence-corrected chi connectivity index (χ0v) is 18.0. The maximum absolute atomic E-state index is 12.4. The Morgan fingerprint density at radius 2 is 1.68 bits per heavy atom. The molecule has 1 aliphatic heterocycles. The number of ether oxygens (including phenoxy) is 3. The van der Waals surface area contributed by atoms with Gasteiger partial charge in [0.1, 0.15) is 10.5 Å². The number of esters is 2. The van der Waals surface area contributed by atoms with Gasteiger partial charge in [-0.1, -0.05) is 22.6 Å². The van der Waals surface area contributed by atoms with Crippen LogP contribution in [0.25, 0.3) is 0 Å². The molecule has 1 radical (unpaired) electrons. The first kappa shape index (κ1) is 22.6. The Bertz CT molecular complexity index is 462. The first-order chi connectivity index (χ1) is 11.3. The number of hydrogen-bond donors (Lipinski definition) is 0. The molecule has 0 amide bonds. The molecule has 0 bridgehead atoms. The van der Waals surface area contributed by atoms with Crippen LogP contribution in [-0.2, 0) is 29.0 Å². The van der Waals surface area contributed by atoms with E-state index < -0.39 is 23.2 Å². The number of piperidine rings is 1. The number of rotatable bonds is 7. The number of nitrogens with zero attached hydrogens (tertiary/aromatic N) is 1. The summed E-state index contributed by atoms with van der Waals surface area (Å²) in [6, 6.07) is 0. The predicted molar refractivity (Wildman–Crippen MR) is 99.7 cm³/mol. The third-order valence-electron chi connectivity index (χ3n) is 4.14. The number of alkyl halides is 1. The molecule has 0 aliphatic carbocycles. The van der Waals surface area contributed by atoms with E-state index in [-0.39, 0.29) is 29.2 Å². The molecule has 0 spiro atoms. The fourth-order valence-electron chi connectivity index (χ4n) is 3.17. The minimum atomic E-state index is -0.659. The summed E-state index contributed by atoms with van der Waals surface area (Å²) in [5.41, 5.74) is -1.07. The van der Waals surface area contributed by atoms with Gasteiger partial charge in [0.25, 0.3) is 0 Å². The van der Waals surface area contributed by atoms with Crippen molar-refractivity contribution in [2.24, 2.45) is 0 Å². The van der Waals surface area contributed by atoms with E-state index in [1.807, 2.05) is 50.3 Å². The van der Waals surface area contributed by atoms with Crippen LogP contribution in [0.5, 0.6) is 0 Å². The van der Waals surface area contributed by atoms with E-state index in [0.29, 0.717) is 12.8 Å². The highest BCUT2D eigenvalue weighted by atomic mass is 127. The van der Waals surface area contributed by atoms with E-state index in [1.54, 1.807) is 6.92 Å². The third-order valence-corrected chi connectivity index (χ3v) is 4.65. The van der Waals surface area contributed by atoms with Crippen LogP contribution in [0.2, 0.25) is 0 Å². The highest BCUT2D eigenvalue weighted by molar-refractivity contribution is 14.1. The Labute approximate surface area is 163 Å². The SMILES string of the molecule is CC(=O)OC(COC(=O)C(C)I)COC1CC(C)(C)N([O])C(C)(C)C1. The average Bonchev–Trinajstić information content (AvgIpc) is 2.46. The second-order valence-corrected chi connectivity index (χ2v) is 9.63. The Kier molecular flexibility index (Phi) is 8.10. The zero-order valence-electron chi connectivity index (χ0n) is 15.8. The second-order valence-electron chi connectivity index (χ2n) is 7.76. The van der Waals surface area contributed by atoms with Gasteiger partial charge >= 0.3 is 11.9 Å². The van der Waals surface area contributed by atoms with Gasteiger partial charge in [-0.05, 0) is 47.5 Å². The van der Waals surface area contributed by atoms with E-state index in [2.05, 4.69) is 0 Å². The average molecular weight is 470 g/mol. The fraction of sp³-hybridized carbons (Fsp3) is 0.882. The van der Waals surface area contributed by atoms with Crippen LogP contribution in [0.3, 0.4) is 0 Å². The van der Waals surface area contributed by atoms with Crippen molar-refractivity contribution in [2.45, 2.75) is 81.6 Å². The Balaban J connectivity index is 2.63. The monoisotopic (exact) mass is 470 g/mol. The molecular weight excluding hydrogens is 441 g/mol. The van der Waals surface area contributed by atoms with E-state index in [0.717, 1.165) is 5.06 Å². The smallest absolute Gasteiger partial charge is 0.318 e. The summed E-state index contributed by atoms with van der Waals surface area (Å²) in [6.07, 6.45) is 0.370. The Morgan fingerprint density at radius 3 is 2.12 bits per heavy atom. The lowest BCUT2D eigenvalue weighted by Crippen LogP contribution is -2.60. The number of carbonyl (C=O) groups excluding carboxylic acids is 2. The van der Waals surface area contributed by atoms with Crippen molar-refractivity contribution in [3.05, 3.63) is 0 Å². The summed E-state index contributed by atoms with van der Waals surface area (Å²) in [5.74, 6) is -0.818. The van der Waals surface area contributed by atoms with Crippen LogP contribution >= 0.6 is 22.6 Å². The lowest BCUT2D eigenvalue weighted by atomic mass is 9.80. The lowest BCUT2D eigenvalue weighted by Gasteiger charge is -2.49. The van der Waals surface area contributed by atoms with Crippen LogP contribution in [-0.4, -0.2) is 57.4 Å². The molecule has 2 unspecified atom stereocenters. The molecule has 2 atom stereocenters. The molecule has 1 saturated heterocycles. The normalized spacial score (nSPS) is 22.9. The minimum absolute atomic E-state index is 0.0427. The molecular formula is C17H29INO6. The molecule has 1 aliphatic rings. The van der Waals surface area contributed by atoms with Crippen molar-refractivity contribution in [3.63, 3.8) is 0 Å². The highest BCUT2D eigenvalue weighted by Crippen LogP contribution is 2.38. The van der Waals surface area contributed by atoms with Gasteiger partial charge in [-0.3, -0.25) is 9.59 Å². The van der Waals surface area contributed by atoms with Crippen LogP contribution in [0.1, 0.15) is 54.4 Å². The van der Waals surface area contributed by atoms with Crippen molar-refractivity contribution in [1.82, 2.24) is 5.06 Å². The van der Waals surface area contributed by atoms with Crippen LogP contribution in [0.15, 0.2) is 0 Å². The third kappa shape index (κ3) is 6.99. The van der Waals surface area contributed by atoms with Gasteiger partial charge in [0.15, 0.2) is 6.10 Å². The molecule has 0 aromatic carbocycles. The fourth-order valence-corrected chi connectivity index (χ4v) is 3.35. The van der Waals surface area contributed by atoms with Crippen LogP contribution < -0.4 is 0 Å². The van der Waals surface area contributed by atoms with Crippen molar-refractivity contribution >= 4 is 34.5 Å². The Hall–Kier alpha value is -0.450. The molecule has 145 valence electrons. The highest BCUT2D eigenvalue weighted by Gasteiger charge is 2.46. The summed E-state index contributed by atoms with van der Waals surface area (Å²) in [5, 5.41) is 13.5. The van der Waals surface area contributed by atoms with E-state index in [9.17, 15) is 14.8 Å². The first-order valence-corrected chi connectivity index (χ1v) is 9.67. The van der Waals surface area contributed by atoms with Gasteiger partial charge in [-0.2, -0.15) is 0 Å². The zero-order chi connectivity index (χ0) is 19.4. The van der Waals surface area contributed by atoms with Gasteiger partial charge < -0.3 is 14.2 Å². The first-order valence-electron chi connectivity index (χ1n) is 8.42. The molecule has 1 rings (SSSR count). The van der Waals surface area contributed by atoms with Crippen molar-refractivity contribution in [3.8, 4) is 0 Å². The van der Waals surface area contributed by atoms with Crippen molar-refractivity contribution in [1.29, 1.82) is 0 Å². The largest absolute Gasteiger partial charge is 0.461 e. The molecule has 0 saturated carbocycles.